The van der Waals surface area contributed by atoms with Crippen LogP contribution >= 0.6 is 0 Å². The van der Waals surface area contributed by atoms with E-state index in [0.717, 1.165) is 6.42 Å². The first-order chi connectivity index (χ1) is 7.57. The minimum Gasteiger partial charge on any atom is -0.465 e. The molecule has 0 aromatic carbocycles. The lowest BCUT2D eigenvalue weighted by Crippen LogP contribution is -2.32. The lowest BCUT2D eigenvalue weighted by atomic mass is 10.2. The Morgan fingerprint density at radius 3 is 2.62 bits per heavy atom. The third-order valence-corrected chi connectivity index (χ3v) is 1.88. The van der Waals surface area contributed by atoms with Crippen LogP contribution in [0.2, 0.25) is 0 Å². The number of unbranched alkanes of at least 4 members (excludes halogenated alkanes) is 1. The number of esters is 1. The van der Waals surface area contributed by atoms with Crippen molar-refractivity contribution in [2.75, 3.05) is 13.2 Å². The van der Waals surface area contributed by atoms with E-state index in [1.54, 1.807) is 0 Å². The molecule has 0 aliphatic rings. The summed E-state index contributed by atoms with van der Waals surface area (Å²) < 4.78 is 4.87. The zero-order valence-corrected chi connectivity index (χ0v) is 9.39. The van der Waals surface area contributed by atoms with E-state index in [0.29, 0.717) is 19.3 Å². The van der Waals surface area contributed by atoms with Gasteiger partial charge in [-0.15, -0.1) is 10.1 Å². The van der Waals surface area contributed by atoms with E-state index in [1.165, 1.54) is 0 Å². The Hall–Kier alpha value is -1.37. The van der Waals surface area contributed by atoms with Gasteiger partial charge in [0.05, 0.1) is 13.2 Å². The van der Waals surface area contributed by atoms with E-state index in [1.807, 2.05) is 6.92 Å². The molecule has 0 heterocycles. The van der Waals surface area contributed by atoms with Crippen LogP contribution in [0.5, 0.6) is 0 Å². The maximum atomic E-state index is 11.2. The van der Waals surface area contributed by atoms with Gasteiger partial charge >= 0.3 is 5.97 Å². The number of hydrogen-bond donors (Lipinski definition) is 1. The smallest absolute Gasteiger partial charge is 0.322 e. The van der Waals surface area contributed by atoms with E-state index >= 15 is 0 Å². The molecule has 0 fully saturated rings. The number of nitrogens with zero attached hydrogens (tertiary/aromatic N) is 1. The molecule has 7 heteroatoms. The Labute approximate surface area is 94.0 Å². The molecule has 1 atom stereocenters. The molecule has 16 heavy (non-hydrogen) atoms. The summed E-state index contributed by atoms with van der Waals surface area (Å²) in [5, 5.41) is 8.94. The first-order valence-corrected chi connectivity index (χ1v) is 5.27. The quantitative estimate of drug-likeness (QED) is 0.272. The Morgan fingerprint density at radius 2 is 2.06 bits per heavy atom. The van der Waals surface area contributed by atoms with Crippen molar-refractivity contribution in [3.8, 4) is 0 Å². The van der Waals surface area contributed by atoms with Crippen LogP contribution < -0.4 is 5.73 Å². The van der Waals surface area contributed by atoms with Crippen LogP contribution in [-0.4, -0.2) is 30.3 Å². The molecule has 0 amide bonds. The SMILES string of the molecule is CCC[C@H](N)C(=O)OCCCCO[N+](=O)[O-]. The van der Waals surface area contributed by atoms with Crippen LogP contribution in [-0.2, 0) is 14.4 Å². The fourth-order valence-electron chi connectivity index (χ4n) is 1.05. The van der Waals surface area contributed by atoms with Crippen molar-refractivity contribution in [1.82, 2.24) is 0 Å². The highest BCUT2D eigenvalue weighted by Crippen LogP contribution is 1.98. The molecular weight excluding hydrogens is 216 g/mol. The largest absolute Gasteiger partial charge is 0.465 e. The number of hydrogen-bond acceptors (Lipinski definition) is 6. The summed E-state index contributed by atoms with van der Waals surface area (Å²) in [6.07, 6.45) is 2.42. The highest BCUT2D eigenvalue weighted by Gasteiger charge is 2.12. The third kappa shape index (κ3) is 7.98. The lowest BCUT2D eigenvalue weighted by molar-refractivity contribution is -0.757. The summed E-state index contributed by atoms with van der Waals surface area (Å²) in [5.74, 6) is -0.419. The highest BCUT2D eigenvalue weighted by molar-refractivity contribution is 5.75. The molecule has 0 unspecified atom stereocenters. The second-order valence-electron chi connectivity index (χ2n) is 3.33. The van der Waals surface area contributed by atoms with Crippen molar-refractivity contribution in [1.29, 1.82) is 0 Å². The number of carbonyl (C=O) groups excluding carboxylic acids is 1. The van der Waals surface area contributed by atoms with Crippen LogP contribution in [0.3, 0.4) is 0 Å². The Balaban J connectivity index is 3.37. The van der Waals surface area contributed by atoms with E-state index in [2.05, 4.69) is 4.84 Å². The molecule has 0 rings (SSSR count). The predicted molar refractivity (Wildman–Crippen MR) is 56.0 cm³/mol. The fraction of sp³-hybridized carbons (Fsp3) is 0.889. The molecule has 0 aromatic heterocycles. The molecule has 0 bridgehead atoms. The minimum atomic E-state index is -0.844. The van der Waals surface area contributed by atoms with Crippen molar-refractivity contribution in [3.63, 3.8) is 0 Å². The van der Waals surface area contributed by atoms with Gasteiger partial charge in [0.2, 0.25) is 0 Å². The van der Waals surface area contributed by atoms with E-state index in [-0.39, 0.29) is 13.2 Å². The Morgan fingerprint density at radius 1 is 1.44 bits per heavy atom. The molecular formula is C9H18N2O5. The molecule has 94 valence electrons. The third-order valence-electron chi connectivity index (χ3n) is 1.88. The van der Waals surface area contributed by atoms with Crippen LogP contribution in [0.15, 0.2) is 0 Å². The number of carbonyl (C=O) groups is 1. The summed E-state index contributed by atoms with van der Waals surface area (Å²) in [4.78, 5) is 25.1. The average Bonchev–Trinajstić information content (AvgIpc) is 2.22. The second kappa shape index (κ2) is 8.90. The first-order valence-electron chi connectivity index (χ1n) is 5.27. The van der Waals surface area contributed by atoms with Crippen LogP contribution in [0.25, 0.3) is 0 Å². The zero-order valence-electron chi connectivity index (χ0n) is 9.39. The van der Waals surface area contributed by atoms with Gasteiger partial charge in [-0.25, -0.2) is 0 Å². The van der Waals surface area contributed by atoms with Gasteiger partial charge in [-0.1, -0.05) is 13.3 Å². The van der Waals surface area contributed by atoms with Crippen molar-refractivity contribution in [2.24, 2.45) is 5.73 Å². The highest BCUT2D eigenvalue weighted by atomic mass is 16.9. The van der Waals surface area contributed by atoms with Crippen molar-refractivity contribution in [2.45, 2.75) is 38.6 Å². The summed E-state index contributed by atoms with van der Waals surface area (Å²) in [6, 6.07) is -0.569. The maximum Gasteiger partial charge on any atom is 0.322 e. The minimum absolute atomic E-state index is 0.0194. The molecule has 7 nitrogen and oxygen atoms in total. The average molecular weight is 234 g/mol. The Kier molecular flexibility index (Phi) is 8.14. The van der Waals surface area contributed by atoms with Gasteiger partial charge in [0.1, 0.15) is 6.04 Å². The molecule has 0 radical (unpaired) electrons. The molecule has 0 aliphatic carbocycles. The molecule has 2 N–H and O–H groups in total. The maximum absolute atomic E-state index is 11.2. The molecule has 0 spiro atoms. The van der Waals surface area contributed by atoms with Gasteiger partial charge < -0.3 is 15.3 Å². The van der Waals surface area contributed by atoms with Gasteiger partial charge in [0.15, 0.2) is 0 Å². The second-order valence-corrected chi connectivity index (χ2v) is 3.33. The molecule has 0 saturated heterocycles. The number of rotatable bonds is 9. The predicted octanol–water partition coefficient (Wildman–Crippen LogP) is 0.646. The summed E-state index contributed by atoms with van der Waals surface area (Å²) in [7, 11) is 0. The summed E-state index contributed by atoms with van der Waals surface area (Å²) >= 11 is 0. The van der Waals surface area contributed by atoms with Gasteiger partial charge in [-0.05, 0) is 19.3 Å². The number of nitrogens with two attached hydrogens (primary N) is 1. The van der Waals surface area contributed by atoms with Gasteiger partial charge in [-0.3, -0.25) is 4.79 Å². The van der Waals surface area contributed by atoms with Crippen LogP contribution in [0.1, 0.15) is 32.6 Å². The molecule has 0 aliphatic heterocycles. The van der Waals surface area contributed by atoms with E-state index in [9.17, 15) is 14.9 Å². The monoisotopic (exact) mass is 234 g/mol. The molecule has 0 saturated carbocycles. The van der Waals surface area contributed by atoms with Crippen molar-refractivity contribution in [3.05, 3.63) is 10.1 Å². The fourth-order valence-corrected chi connectivity index (χ4v) is 1.05. The Bertz CT molecular complexity index is 222. The first kappa shape index (κ1) is 14.6. The van der Waals surface area contributed by atoms with Gasteiger partial charge in [0, 0.05) is 0 Å². The van der Waals surface area contributed by atoms with Gasteiger partial charge in [-0.2, -0.15) is 0 Å². The van der Waals surface area contributed by atoms with Gasteiger partial charge in [0.25, 0.3) is 5.09 Å². The number of ether oxygens (including phenoxy) is 1. The topological polar surface area (TPSA) is 105 Å². The van der Waals surface area contributed by atoms with E-state index in [4.69, 9.17) is 10.5 Å². The van der Waals surface area contributed by atoms with Crippen LogP contribution in [0, 0.1) is 10.1 Å². The van der Waals surface area contributed by atoms with E-state index < -0.39 is 17.1 Å². The summed E-state index contributed by atoms with van der Waals surface area (Å²) in [5.41, 5.74) is 5.52. The van der Waals surface area contributed by atoms with Crippen molar-refractivity contribution < 1.29 is 19.5 Å². The zero-order chi connectivity index (χ0) is 12.4. The summed E-state index contributed by atoms with van der Waals surface area (Å²) in [6.45, 7) is 2.17. The van der Waals surface area contributed by atoms with Crippen LogP contribution in [0.4, 0.5) is 0 Å². The normalized spacial score (nSPS) is 11.9. The molecule has 0 aromatic rings. The lowest BCUT2D eigenvalue weighted by Gasteiger charge is -2.09. The standard InChI is InChI=1S/C9H18N2O5/c1-2-5-8(10)9(12)15-6-3-4-7-16-11(13)14/h8H,2-7,10H2,1H3/t8-/m0/s1. The van der Waals surface area contributed by atoms with Crippen molar-refractivity contribution >= 4 is 5.97 Å².